The summed E-state index contributed by atoms with van der Waals surface area (Å²) in [5, 5.41) is 0. The second kappa shape index (κ2) is 13.8. The van der Waals surface area contributed by atoms with Crippen LogP contribution in [0.3, 0.4) is 0 Å². The molecule has 0 saturated heterocycles. The Hall–Kier alpha value is -1.37. The lowest BCUT2D eigenvalue weighted by molar-refractivity contribution is -0.0446. The Morgan fingerprint density at radius 1 is 0.711 bits per heavy atom. The second-order valence-corrected chi connectivity index (χ2v) is 14.6. The van der Waals surface area contributed by atoms with Gasteiger partial charge in [-0.15, -0.1) is 0 Å². The van der Waals surface area contributed by atoms with Crippen molar-refractivity contribution in [1.82, 2.24) is 4.72 Å². The van der Waals surface area contributed by atoms with Gasteiger partial charge in [-0.2, -0.15) is 21.6 Å². The van der Waals surface area contributed by atoms with Gasteiger partial charge in [0.05, 0.1) is 16.5 Å². The molecule has 0 fully saturated rings. The van der Waals surface area contributed by atoms with Gasteiger partial charge in [-0.3, -0.25) is 4.79 Å². The summed E-state index contributed by atoms with van der Waals surface area (Å²) in [5.74, 6) is -1.31. The van der Waals surface area contributed by atoms with Gasteiger partial charge in [0.2, 0.25) is 0 Å². The van der Waals surface area contributed by atoms with Gasteiger partial charge < -0.3 is 0 Å². The molecule has 1 amide bonds. The number of hydrogen-bond donors (Lipinski definition) is 1. The van der Waals surface area contributed by atoms with E-state index in [2.05, 4.69) is 91.0 Å². The van der Waals surface area contributed by atoms with Gasteiger partial charge in [0.25, 0.3) is 5.91 Å². The molecule has 0 aliphatic carbocycles. The quantitative estimate of drug-likeness (QED) is 0.126. The molecule has 0 aliphatic heterocycles. The summed E-state index contributed by atoms with van der Waals surface area (Å²) < 4.78 is 60.8. The number of carbonyl (C=O) groups excluding carboxylic acids is 1. The van der Waals surface area contributed by atoms with Gasteiger partial charge in [0.15, 0.2) is 14.7 Å². The number of amides is 1. The van der Waals surface area contributed by atoms with E-state index < -0.39 is 21.4 Å². The zero-order valence-corrected chi connectivity index (χ0v) is 27.2. The monoisotopic (exact) mass is 894 g/mol. The topological polar surface area (TPSA) is 63.2 Å². The molecule has 0 unspecified atom stereocenters. The van der Waals surface area contributed by atoms with Gasteiger partial charge in [-0.1, -0.05) is 54.6 Å². The first kappa shape index (κ1) is 31.2. The highest BCUT2D eigenvalue weighted by Crippen LogP contribution is 2.30. The maximum absolute atomic E-state index is 12.2. The lowest BCUT2D eigenvalue weighted by atomic mass is 10.2. The molecule has 0 spiro atoms. The Morgan fingerprint density at radius 2 is 1.11 bits per heavy atom. The number of sulfonamides is 1. The highest BCUT2D eigenvalue weighted by molar-refractivity contribution is 14.1. The van der Waals surface area contributed by atoms with E-state index in [0.29, 0.717) is 10.7 Å². The van der Waals surface area contributed by atoms with Crippen molar-refractivity contribution in [1.29, 1.82) is 0 Å². The molecule has 4 nitrogen and oxygen atoms in total. The first-order chi connectivity index (χ1) is 17.9. The van der Waals surface area contributed by atoms with Crippen LogP contribution in [-0.4, -0.2) is 19.8 Å². The Labute approximate surface area is 262 Å². The largest absolute Gasteiger partial charge is 0.516 e. The molecule has 0 saturated carbocycles. The summed E-state index contributed by atoms with van der Waals surface area (Å²) >= 11 is 5.53. The summed E-state index contributed by atoms with van der Waals surface area (Å²) in [7, 11) is -5.71. The lowest BCUT2D eigenvalue weighted by Gasteiger charge is -2.11. The number of rotatable bonds is 5. The Bertz CT molecular complexity index is 1400. The van der Waals surface area contributed by atoms with Crippen LogP contribution in [0.4, 0.5) is 13.2 Å². The summed E-state index contributed by atoms with van der Waals surface area (Å²) in [4.78, 5) is 15.7. The molecule has 198 valence electrons. The summed E-state index contributed by atoms with van der Waals surface area (Å²) in [6.07, 6.45) is 0. The molecule has 0 radical (unpaired) electrons. The molecule has 1 N–H and O–H groups in total. The zero-order valence-electron chi connectivity index (χ0n) is 19.1. The van der Waals surface area contributed by atoms with Crippen LogP contribution in [0, 0.1) is 10.7 Å². The van der Waals surface area contributed by atoms with Crippen molar-refractivity contribution in [3.63, 3.8) is 0 Å². The van der Waals surface area contributed by atoms with Crippen molar-refractivity contribution >= 4 is 94.6 Å². The SMILES string of the molecule is O=C(NS(=O)(=O)C(F)(F)F)c1cc(I)cc(I)c1I.c1ccc([S+](c2ccccc2)c2ccccc2)cc1. The number of alkyl halides is 3. The van der Waals surface area contributed by atoms with Crippen molar-refractivity contribution < 1.29 is 26.4 Å². The van der Waals surface area contributed by atoms with Crippen molar-refractivity contribution in [2.24, 2.45) is 0 Å². The highest BCUT2D eigenvalue weighted by atomic mass is 127. The molecule has 4 aromatic carbocycles. The van der Waals surface area contributed by atoms with E-state index in [1.54, 1.807) is 28.7 Å². The van der Waals surface area contributed by atoms with Gasteiger partial charge in [0.1, 0.15) is 0 Å². The standard InChI is InChI=1S/C18H15S.C8H3F3I3NO3S/c1-4-10-16(11-5-1)19(17-12-6-2-7-13-17)18-14-8-3-9-15-18;9-8(10,11)19(17,18)15-7(16)4-1-3(12)2-5(13)6(4)14/h1-15H;1-2H,(H,15,16)/q+1;. The van der Waals surface area contributed by atoms with Crippen LogP contribution in [0.2, 0.25) is 0 Å². The minimum atomic E-state index is -5.70. The fraction of sp³-hybridized carbons (Fsp3) is 0.0385. The molecule has 0 atom stereocenters. The molecule has 38 heavy (non-hydrogen) atoms. The van der Waals surface area contributed by atoms with Crippen LogP contribution < -0.4 is 4.72 Å². The lowest BCUT2D eigenvalue weighted by Crippen LogP contribution is -2.40. The number of carbonyl (C=O) groups is 1. The molecule has 0 aliphatic rings. The summed E-state index contributed by atoms with van der Waals surface area (Å²) in [6.45, 7) is 0. The van der Waals surface area contributed by atoms with Gasteiger partial charge in [-0.05, 0) is 116 Å². The van der Waals surface area contributed by atoms with E-state index in [1.807, 2.05) is 45.2 Å². The van der Waals surface area contributed by atoms with Crippen LogP contribution in [0.1, 0.15) is 10.4 Å². The van der Waals surface area contributed by atoms with Crippen LogP contribution in [0.5, 0.6) is 0 Å². The fourth-order valence-electron chi connectivity index (χ4n) is 3.03. The third-order valence-electron chi connectivity index (χ3n) is 4.71. The minimum Gasteiger partial charge on any atom is -0.268 e. The van der Waals surface area contributed by atoms with Crippen molar-refractivity contribution in [2.45, 2.75) is 20.2 Å². The Balaban J connectivity index is 0.000000211. The maximum Gasteiger partial charge on any atom is 0.516 e. The molecule has 12 heteroatoms. The first-order valence-corrected chi connectivity index (χ1v) is 16.5. The second-order valence-electron chi connectivity index (χ2n) is 7.37. The van der Waals surface area contributed by atoms with E-state index >= 15 is 0 Å². The number of benzene rings is 4. The van der Waals surface area contributed by atoms with Crippen LogP contribution in [0.15, 0.2) is 118 Å². The molecular weight excluding hydrogens is 876 g/mol. The number of hydrogen-bond acceptors (Lipinski definition) is 3. The highest BCUT2D eigenvalue weighted by Gasteiger charge is 2.47. The van der Waals surface area contributed by atoms with Crippen LogP contribution in [-0.2, 0) is 20.9 Å². The molecule has 0 heterocycles. The molecular formula is C26H18F3I3NO3S2+. The summed E-state index contributed by atoms with van der Waals surface area (Å²) in [6, 6.07) is 35.2. The van der Waals surface area contributed by atoms with Crippen LogP contribution >= 0.6 is 67.8 Å². The van der Waals surface area contributed by atoms with Gasteiger partial charge in [0, 0.05) is 10.7 Å². The average Bonchev–Trinajstić information content (AvgIpc) is 2.88. The summed E-state index contributed by atoms with van der Waals surface area (Å²) in [5.41, 5.74) is -5.65. The van der Waals surface area contributed by atoms with E-state index in [-0.39, 0.29) is 16.5 Å². The predicted molar refractivity (Wildman–Crippen MR) is 169 cm³/mol. The first-order valence-electron chi connectivity index (χ1n) is 10.6. The van der Waals surface area contributed by atoms with Crippen molar-refractivity contribution in [3.05, 3.63) is 119 Å². The third-order valence-corrected chi connectivity index (χ3v) is 11.7. The average molecular weight is 894 g/mol. The molecule has 4 aromatic rings. The van der Waals surface area contributed by atoms with Gasteiger partial charge >= 0.3 is 15.5 Å². The maximum atomic E-state index is 12.2. The minimum absolute atomic E-state index is 0.0146. The Morgan fingerprint density at radius 3 is 1.47 bits per heavy atom. The van der Waals surface area contributed by atoms with Crippen molar-refractivity contribution in [2.75, 3.05) is 0 Å². The molecule has 4 rings (SSSR count). The van der Waals surface area contributed by atoms with Crippen LogP contribution in [0.25, 0.3) is 0 Å². The zero-order chi connectivity index (χ0) is 27.9. The van der Waals surface area contributed by atoms with E-state index in [4.69, 9.17) is 0 Å². The predicted octanol–water partition coefficient (Wildman–Crippen LogP) is 7.86. The van der Waals surface area contributed by atoms with Gasteiger partial charge in [-0.25, -0.2) is 4.72 Å². The molecule has 0 bridgehead atoms. The van der Waals surface area contributed by atoms with E-state index in [9.17, 15) is 26.4 Å². The Kier molecular flexibility index (Phi) is 11.3. The molecule has 0 aromatic heterocycles. The van der Waals surface area contributed by atoms with E-state index in [0.717, 1.165) is 4.72 Å². The van der Waals surface area contributed by atoms with E-state index in [1.165, 1.54) is 20.8 Å². The number of halogens is 6. The third kappa shape index (κ3) is 8.32. The number of nitrogens with one attached hydrogen (secondary N) is 1. The fourth-order valence-corrected chi connectivity index (χ4v) is 8.01. The van der Waals surface area contributed by atoms with Crippen molar-refractivity contribution in [3.8, 4) is 0 Å². The smallest absolute Gasteiger partial charge is 0.268 e. The normalized spacial score (nSPS) is 11.4.